The molecule has 0 heterocycles. The van der Waals surface area contributed by atoms with E-state index in [9.17, 15) is 0 Å². The lowest BCUT2D eigenvalue weighted by Gasteiger charge is -2.34. The average Bonchev–Trinajstić information content (AvgIpc) is 3.04. The highest BCUT2D eigenvalue weighted by Gasteiger charge is 2.46. The van der Waals surface area contributed by atoms with E-state index in [1.54, 1.807) is 0 Å². The van der Waals surface area contributed by atoms with Crippen LogP contribution in [0.3, 0.4) is 0 Å². The van der Waals surface area contributed by atoms with Crippen LogP contribution >= 0.6 is 57.1 Å². The number of benzene rings is 4. The molecule has 1 aliphatic carbocycles. The maximum absolute atomic E-state index is 4.58. The van der Waals surface area contributed by atoms with E-state index in [0.29, 0.717) is 0 Å². The third kappa shape index (κ3) is 2.88. The Bertz CT molecular complexity index is 1160. The summed E-state index contributed by atoms with van der Waals surface area (Å²) in [6, 6.07) is 30.3. The quantitative estimate of drug-likeness (QED) is 0.208. The summed E-state index contributed by atoms with van der Waals surface area (Å²) < 4.78 is 1.98. The van der Waals surface area contributed by atoms with E-state index in [2.05, 4.69) is 142 Å². The first-order valence-electron chi connectivity index (χ1n) is 9.21. The molecule has 142 valence electrons. The first-order valence-corrected chi connectivity index (χ1v) is 11.7. The molecule has 4 heteroatoms. The molecule has 29 heavy (non-hydrogen) atoms. The number of thiol groups is 2. The largest absolute Gasteiger partial charge is 0.142 e. The second kappa shape index (κ2) is 7.35. The maximum atomic E-state index is 4.58. The van der Waals surface area contributed by atoms with Gasteiger partial charge in [0.1, 0.15) is 0 Å². The van der Waals surface area contributed by atoms with Crippen molar-refractivity contribution in [1.29, 1.82) is 0 Å². The van der Waals surface area contributed by atoms with Gasteiger partial charge in [0.15, 0.2) is 0 Å². The number of hydrogen-bond acceptors (Lipinski definition) is 2. The maximum Gasteiger partial charge on any atom is 0.0714 e. The van der Waals surface area contributed by atoms with Crippen LogP contribution in [0.5, 0.6) is 0 Å². The van der Waals surface area contributed by atoms with Gasteiger partial charge in [-0.2, -0.15) is 0 Å². The molecule has 0 aliphatic heterocycles. The molecule has 0 spiro atoms. The van der Waals surface area contributed by atoms with Crippen molar-refractivity contribution in [2.45, 2.75) is 15.2 Å². The highest BCUT2D eigenvalue weighted by molar-refractivity contribution is 9.10. The van der Waals surface area contributed by atoms with E-state index >= 15 is 0 Å². The Morgan fingerprint density at radius 1 is 0.552 bits per heavy atom. The third-order valence-corrected chi connectivity index (χ3v) is 8.42. The molecule has 0 N–H and O–H groups in total. The average molecular weight is 540 g/mol. The van der Waals surface area contributed by atoms with E-state index < -0.39 is 5.41 Å². The molecule has 0 amide bonds. The number of halogens is 2. The summed E-state index contributed by atoms with van der Waals surface area (Å²) in [4.78, 5) is 1.85. The van der Waals surface area contributed by atoms with Crippen molar-refractivity contribution in [2.75, 3.05) is 0 Å². The van der Waals surface area contributed by atoms with Crippen LogP contribution in [0.25, 0.3) is 11.1 Å². The SMILES string of the molecule is Sc1ccc(C2(c3ccc(S)c(Br)c3)c3ccccc3-c3ccccc32)cc1Br. The summed E-state index contributed by atoms with van der Waals surface area (Å²) in [7, 11) is 0. The lowest BCUT2D eigenvalue weighted by Crippen LogP contribution is -2.28. The zero-order chi connectivity index (χ0) is 20.2. The van der Waals surface area contributed by atoms with Crippen LogP contribution in [0.15, 0.2) is 104 Å². The fraction of sp³-hybridized carbons (Fsp3) is 0.0400. The number of fused-ring (bicyclic) bond motifs is 3. The van der Waals surface area contributed by atoms with Gasteiger partial charge in [0.25, 0.3) is 0 Å². The van der Waals surface area contributed by atoms with Crippen molar-refractivity contribution in [2.24, 2.45) is 0 Å². The summed E-state index contributed by atoms with van der Waals surface area (Å²) in [6.45, 7) is 0. The smallest absolute Gasteiger partial charge is 0.0714 e. The topological polar surface area (TPSA) is 0 Å². The summed E-state index contributed by atoms with van der Waals surface area (Å²) in [5.41, 5.74) is 7.14. The van der Waals surface area contributed by atoms with Gasteiger partial charge in [0.05, 0.1) is 5.41 Å². The molecule has 5 rings (SSSR count). The fourth-order valence-electron chi connectivity index (χ4n) is 4.50. The normalized spacial score (nSPS) is 13.8. The van der Waals surface area contributed by atoms with Crippen LogP contribution in [0, 0.1) is 0 Å². The van der Waals surface area contributed by atoms with E-state index in [1.165, 1.54) is 33.4 Å². The molecule has 0 unspecified atom stereocenters. The third-order valence-electron chi connectivity index (χ3n) is 5.71. The minimum atomic E-state index is -0.415. The van der Waals surface area contributed by atoms with Crippen molar-refractivity contribution < 1.29 is 0 Å². The van der Waals surface area contributed by atoms with Gasteiger partial charge in [-0.25, -0.2) is 0 Å². The summed E-state index contributed by atoms with van der Waals surface area (Å²) >= 11 is 16.6. The van der Waals surface area contributed by atoms with Crippen LogP contribution in [0.2, 0.25) is 0 Å². The molecule has 1 aliphatic rings. The highest BCUT2D eigenvalue weighted by Crippen LogP contribution is 2.56. The lowest BCUT2D eigenvalue weighted by molar-refractivity contribution is 0.764. The molecular formula is C25H16Br2S2. The molecule has 4 aromatic carbocycles. The Labute approximate surface area is 198 Å². The monoisotopic (exact) mass is 538 g/mol. The van der Waals surface area contributed by atoms with Crippen molar-refractivity contribution in [3.63, 3.8) is 0 Å². The fourth-order valence-corrected chi connectivity index (χ4v) is 5.54. The summed E-state index contributed by atoms with van der Waals surface area (Å²) in [6.07, 6.45) is 0. The van der Waals surface area contributed by atoms with Crippen LogP contribution in [0.4, 0.5) is 0 Å². The molecule has 0 nitrogen and oxygen atoms in total. The lowest BCUT2D eigenvalue weighted by atomic mass is 9.68. The second-order valence-corrected chi connectivity index (χ2v) is 9.85. The van der Waals surface area contributed by atoms with Crippen LogP contribution in [-0.2, 0) is 5.41 Å². The minimum Gasteiger partial charge on any atom is -0.142 e. The summed E-state index contributed by atoms with van der Waals surface area (Å²) in [5.74, 6) is 0. The minimum absolute atomic E-state index is 0.415. The van der Waals surface area contributed by atoms with E-state index in [-0.39, 0.29) is 0 Å². The standard InChI is InChI=1S/C25H16Br2S2/c26-21-13-15(9-11-23(21)28)25(16-10-12-24(29)22(27)14-16)19-7-3-1-5-17(19)18-6-2-4-8-20(18)25/h1-14,28-29H. The molecule has 0 atom stereocenters. The van der Waals surface area contributed by atoms with E-state index in [4.69, 9.17) is 0 Å². The van der Waals surface area contributed by atoms with Gasteiger partial charge in [0, 0.05) is 18.7 Å². The van der Waals surface area contributed by atoms with Crippen LogP contribution < -0.4 is 0 Å². The molecule has 0 saturated heterocycles. The Hall–Kier alpha value is -1.46. The van der Waals surface area contributed by atoms with Crippen molar-refractivity contribution >= 4 is 57.1 Å². The Kier molecular flexibility index (Phi) is 4.94. The van der Waals surface area contributed by atoms with Gasteiger partial charge < -0.3 is 0 Å². The van der Waals surface area contributed by atoms with Gasteiger partial charge in [-0.3, -0.25) is 0 Å². The Morgan fingerprint density at radius 2 is 0.966 bits per heavy atom. The van der Waals surface area contributed by atoms with E-state index in [1.807, 2.05) is 0 Å². The second-order valence-electron chi connectivity index (χ2n) is 7.17. The molecule has 0 aromatic heterocycles. The molecule has 0 saturated carbocycles. The first kappa shape index (κ1) is 19.5. The van der Waals surface area contributed by atoms with Gasteiger partial charge >= 0.3 is 0 Å². The molecular weight excluding hydrogens is 524 g/mol. The van der Waals surface area contributed by atoms with Gasteiger partial charge in [-0.05, 0) is 89.5 Å². The van der Waals surface area contributed by atoms with Crippen molar-refractivity contribution in [3.8, 4) is 11.1 Å². The van der Waals surface area contributed by atoms with Gasteiger partial charge in [-0.15, -0.1) is 25.3 Å². The molecule has 0 radical (unpaired) electrons. The Morgan fingerprint density at radius 3 is 1.38 bits per heavy atom. The van der Waals surface area contributed by atoms with Gasteiger partial charge in [0.2, 0.25) is 0 Å². The Balaban J connectivity index is 1.97. The van der Waals surface area contributed by atoms with E-state index in [0.717, 1.165) is 18.7 Å². The van der Waals surface area contributed by atoms with Crippen LogP contribution in [-0.4, -0.2) is 0 Å². The van der Waals surface area contributed by atoms with Crippen LogP contribution in [0.1, 0.15) is 22.3 Å². The zero-order valence-electron chi connectivity index (χ0n) is 15.2. The summed E-state index contributed by atoms with van der Waals surface area (Å²) in [5, 5.41) is 0. The zero-order valence-corrected chi connectivity index (χ0v) is 20.2. The highest BCUT2D eigenvalue weighted by atomic mass is 79.9. The van der Waals surface area contributed by atoms with Crippen molar-refractivity contribution in [3.05, 3.63) is 116 Å². The molecule has 0 bridgehead atoms. The van der Waals surface area contributed by atoms with Gasteiger partial charge in [-0.1, -0.05) is 60.7 Å². The molecule has 4 aromatic rings. The predicted molar refractivity (Wildman–Crippen MR) is 134 cm³/mol. The first-order chi connectivity index (χ1) is 14.0. The molecule has 0 fully saturated rings. The number of hydrogen-bond donors (Lipinski definition) is 2. The van der Waals surface area contributed by atoms with Crippen molar-refractivity contribution in [1.82, 2.24) is 0 Å². The predicted octanol–water partition coefficient (Wildman–Crippen LogP) is 8.15. The number of rotatable bonds is 2.